The highest BCUT2D eigenvalue weighted by atomic mass is 16.2. The summed E-state index contributed by atoms with van der Waals surface area (Å²) in [5.41, 5.74) is 1.18. The largest absolute Gasteiger partial charge is 0.338 e. The molecule has 2 amide bonds. The number of rotatable bonds is 8. The predicted molar refractivity (Wildman–Crippen MR) is 94.4 cm³/mol. The van der Waals surface area contributed by atoms with Gasteiger partial charge in [0.05, 0.1) is 6.33 Å². The maximum atomic E-state index is 12.7. The maximum absolute atomic E-state index is 12.7. The van der Waals surface area contributed by atoms with Crippen LogP contribution in [-0.4, -0.2) is 33.1 Å². The van der Waals surface area contributed by atoms with E-state index < -0.39 is 0 Å². The molecule has 1 aliphatic carbocycles. The first-order valence-electron chi connectivity index (χ1n) is 8.78. The quantitative estimate of drug-likeness (QED) is 0.757. The summed E-state index contributed by atoms with van der Waals surface area (Å²) in [6, 6.07) is 10.6. The predicted octanol–water partition coefficient (Wildman–Crippen LogP) is 3.28. The van der Waals surface area contributed by atoms with E-state index in [-0.39, 0.29) is 6.03 Å². The van der Waals surface area contributed by atoms with Gasteiger partial charge in [0.25, 0.3) is 0 Å². The molecule has 1 saturated carbocycles. The van der Waals surface area contributed by atoms with Gasteiger partial charge >= 0.3 is 6.03 Å². The van der Waals surface area contributed by atoms with Crippen molar-refractivity contribution < 1.29 is 4.79 Å². The average molecular weight is 326 g/mol. The van der Waals surface area contributed by atoms with E-state index in [1.54, 1.807) is 12.5 Å². The molecule has 0 spiro atoms. The molecule has 24 heavy (non-hydrogen) atoms. The van der Waals surface area contributed by atoms with Crippen LogP contribution in [0.25, 0.3) is 0 Å². The minimum absolute atomic E-state index is 0.0453. The highest BCUT2D eigenvalue weighted by molar-refractivity contribution is 5.74. The highest BCUT2D eigenvalue weighted by Gasteiger charge is 2.34. The molecule has 0 aliphatic heterocycles. The minimum Gasteiger partial charge on any atom is -0.338 e. The van der Waals surface area contributed by atoms with E-state index in [1.165, 1.54) is 18.4 Å². The van der Waals surface area contributed by atoms with Gasteiger partial charge in [0, 0.05) is 38.1 Å². The smallest absolute Gasteiger partial charge is 0.317 e. The fraction of sp³-hybridized carbons (Fsp3) is 0.474. The third-order valence-corrected chi connectivity index (χ3v) is 4.68. The molecule has 0 saturated heterocycles. The first kappa shape index (κ1) is 16.6. The number of nitrogens with zero attached hydrogens (tertiary/aromatic N) is 3. The zero-order valence-corrected chi connectivity index (χ0v) is 14.3. The molecule has 5 heteroatoms. The lowest BCUT2D eigenvalue weighted by Crippen LogP contribution is -2.45. The van der Waals surface area contributed by atoms with E-state index in [0.29, 0.717) is 25.0 Å². The zero-order chi connectivity index (χ0) is 16.8. The van der Waals surface area contributed by atoms with Crippen molar-refractivity contribution in [1.29, 1.82) is 0 Å². The molecule has 1 fully saturated rings. The van der Waals surface area contributed by atoms with Gasteiger partial charge in [-0.25, -0.2) is 9.78 Å². The second-order valence-corrected chi connectivity index (χ2v) is 6.58. The number of carbonyl (C=O) groups is 1. The Morgan fingerprint density at radius 2 is 2.17 bits per heavy atom. The third-order valence-electron chi connectivity index (χ3n) is 4.68. The number of imidazole rings is 1. The van der Waals surface area contributed by atoms with Crippen molar-refractivity contribution in [2.45, 2.75) is 45.3 Å². The molecule has 1 unspecified atom stereocenters. The molecule has 128 valence electrons. The number of urea groups is 1. The van der Waals surface area contributed by atoms with Gasteiger partial charge in [-0.2, -0.15) is 0 Å². The van der Waals surface area contributed by atoms with Crippen molar-refractivity contribution in [3.8, 4) is 0 Å². The van der Waals surface area contributed by atoms with E-state index in [2.05, 4.69) is 29.4 Å². The van der Waals surface area contributed by atoms with Crippen LogP contribution in [0.15, 0.2) is 49.1 Å². The van der Waals surface area contributed by atoms with Gasteiger partial charge in [-0.15, -0.1) is 0 Å². The van der Waals surface area contributed by atoms with Gasteiger partial charge in [0.2, 0.25) is 0 Å². The average Bonchev–Trinajstić information content (AvgIpc) is 3.33. The second kappa shape index (κ2) is 7.99. The minimum atomic E-state index is 0.0453. The highest BCUT2D eigenvalue weighted by Crippen LogP contribution is 2.35. The van der Waals surface area contributed by atoms with E-state index in [1.807, 2.05) is 33.9 Å². The van der Waals surface area contributed by atoms with Crippen molar-refractivity contribution >= 4 is 6.03 Å². The number of hydrogen-bond acceptors (Lipinski definition) is 2. The first-order chi connectivity index (χ1) is 11.7. The molecule has 5 nitrogen and oxygen atoms in total. The lowest BCUT2D eigenvalue weighted by Gasteiger charge is -2.29. The lowest BCUT2D eigenvalue weighted by atomic mass is 10.1. The van der Waals surface area contributed by atoms with Crippen LogP contribution in [0.1, 0.15) is 31.7 Å². The van der Waals surface area contributed by atoms with Gasteiger partial charge in [-0.05, 0) is 37.7 Å². The molecule has 1 aromatic heterocycles. The number of aryl methyl sites for hydroxylation is 1. The maximum Gasteiger partial charge on any atom is 0.317 e. The molecular weight excluding hydrogens is 300 g/mol. The van der Waals surface area contributed by atoms with Gasteiger partial charge in [0.15, 0.2) is 0 Å². The summed E-state index contributed by atoms with van der Waals surface area (Å²) < 4.78 is 2.03. The normalized spacial score (nSPS) is 15.0. The van der Waals surface area contributed by atoms with Crippen LogP contribution in [0.3, 0.4) is 0 Å². The van der Waals surface area contributed by atoms with Crippen molar-refractivity contribution in [2.24, 2.45) is 5.92 Å². The Morgan fingerprint density at radius 3 is 2.83 bits per heavy atom. The monoisotopic (exact) mass is 326 g/mol. The number of amides is 2. The Bertz CT molecular complexity index is 622. The number of benzene rings is 1. The topological polar surface area (TPSA) is 50.2 Å². The standard InChI is InChI=1S/C19H26N4O/c1-16(18-8-9-18)23(14-17-6-3-2-4-7-17)19(24)21-10-5-12-22-13-11-20-15-22/h2-4,6-7,11,13,15-16,18H,5,8-10,12,14H2,1H3,(H,21,24). The van der Waals surface area contributed by atoms with E-state index >= 15 is 0 Å². The molecule has 2 aromatic rings. The second-order valence-electron chi connectivity index (χ2n) is 6.58. The molecule has 1 aromatic carbocycles. The van der Waals surface area contributed by atoms with Crippen molar-refractivity contribution in [3.05, 3.63) is 54.6 Å². The van der Waals surface area contributed by atoms with Crippen LogP contribution in [0.2, 0.25) is 0 Å². The summed E-state index contributed by atoms with van der Waals surface area (Å²) in [4.78, 5) is 18.7. The summed E-state index contributed by atoms with van der Waals surface area (Å²) in [7, 11) is 0. The Morgan fingerprint density at radius 1 is 1.38 bits per heavy atom. The lowest BCUT2D eigenvalue weighted by molar-refractivity contribution is 0.167. The van der Waals surface area contributed by atoms with Crippen molar-refractivity contribution in [2.75, 3.05) is 6.54 Å². The van der Waals surface area contributed by atoms with Crippen LogP contribution < -0.4 is 5.32 Å². The van der Waals surface area contributed by atoms with Crippen LogP contribution in [0.5, 0.6) is 0 Å². The van der Waals surface area contributed by atoms with Crippen LogP contribution in [0, 0.1) is 5.92 Å². The summed E-state index contributed by atoms with van der Waals surface area (Å²) in [5, 5.41) is 3.08. The van der Waals surface area contributed by atoms with Gasteiger partial charge in [-0.1, -0.05) is 30.3 Å². The SMILES string of the molecule is CC(C1CC1)N(Cc1ccccc1)C(=O)NCCCn1ccnc1. The molecule has 1 atom stereocenters. The molecule has 0 radical (unpaired) electrons. The van der Waals surface area contributed by atoms with Crippen LogP contribution in [-0.2, 0) is 13.1 Å². The Hall–Kier alpha value is -2.30. The Labute approximate surface area is 143 Å². The summed E-state index contributed by atoms with van der Waals surface area (Å²) in [6.07, 6.45) is 8.90. The first-order valence-corrected chi connectivity index (χ1v) is 8.78. The molecule has 1 aliphatic rings. The fourth-order valence-corrected chi connectivity index (χ4v) is 2.99. The molecular formula is C19H26N4O. The van der Waals surface area contributed by atoms with E-state index in [9.17, 15) is 4.79 Å². The van der Waals surface area contributed by atoms with Gasteiger partial charge in [0.1, 0.15) is 0 Å². The molecule has 1 heterocycles. The molecule has 1 N–H and O–H groups in total. The number of carbonyl (C=O) groups excluding carboxylic acids is 1. The number of aromatic nitrogens is 2. The van der Waals surface area contributed by atoms with Crippen molar-refractivity contribution in [3.63, 3.8) is 0 Å². The van der Waals surface area contributed by atoms with Crippen LogP contribution in [0.4, 0.5) is 4.79 Å². The number of nitrogens with one attached hydrogen (secondary N) is 1. The fourth-order valence-electron chi connectivity index (χ4n) is 2.99. The Kier molecular flexibility index (Phi) is 5.51. The molecule has 0 bridgehead atoms. The Balaban J connectivity index is 1.52. The zero-order valence-electron chi connectivity index (χ0n) is 14.3. The van der Waals surface area contributed by atoms with Gasteiger partial charge < -0.3 is 14.8 Å². The third kappa shape index (κ3) is 4.60. The summed E-state index contributed by atoms with van der Waals surface area (Å²) in [6.45, 7) is 4.40. The molecule has 3 rings (SSSR count). The number of hydrogen-bond donors (Lipinski definition) is 1. The van der Waals surface area contributed by atoms with Gasteiger partial charge in [-0.3, -0.25) is 0 Å². The van der Waals surface area contributed by atoms with Crippen LogP contribution >= 0.6 is 0 Å². The van der Waals surface area contributed by atoms with Crippen molar-refractivity contribution in [1.82, 2.24) is 19.8 Å². The van der Waals surface area contributed by atoms with E-state index in [0.717, 1.165) is 13.0 Å². The summed E-state index contributed by atoms with van der Waals surface area (Å²) in [5.74, 6) is 0.658. The summed E-state index contributed by atoms with van der Waals surface area (Å²) >= 11 is 0. The van der Waals surface area contributed by atoms with E-state index in [4.69, 9.17) is 0 Å².